The Morgan fingerprint density at radius 3 is 2.66 bits per heavy atom. The molecule has 0 unspecified atom stereocenters. The number of fused-ring (bicyclic) bond motifs is 1. The molecule has 0 radical (unpaired) electrons. The zero-order valence-corrected chi connectivity index (χ0v) is 18.8. The highest BCUT2D eigenvalue weighted by Crippen LogP contribution is 2.28. The maximum absolute atomic E-state index is 11.4. The molecule has 2 N–H and O–H groups in total. The summed E-state index contributed by atoms with van der Waals surface area (Å²) in [6.45, 7) is 1.86. The predicted octanol–water partition coefficient (Wildman–Crippen LogP) is 3.73. The molecule has 170 valence electrons. The number of amides is 1. The van der Waals surface area contributed by atoms with Crippen LogP contribution in [0.1, 0.15) is 48.0 Å². The smallest absolute Gasteiger partial charge is 0.277 e. The van der Waals surface area contributed by atoms with Gasteiger partial charge in [0, 0.05) is 49.6 Å². The minimum Gasteiger partial charge on any atom is -0.497 e. The minimum atomic E-state index is -0.599. The molecular weight excluding hydrogens is 406 g/mol. The van der Waals surface area contributed by atoms with E-state index in [9.17, 15) is 4.79 Å². The average molecular weight is 438 g/mol. The molecular formula is C24H31N5O3. The zero-order chi connectivity index (χ0) is 22.5. The van der Waals surface area contributed by atoms with Gasteiger partial charge in [0.05, 0.1) is 12.7 Å². The fraction of sp³-hybridized carbons (Fsp3) is 0.458. The lowest BCUT2D eigenvalue weighted by Gasteiger charge is -2.32. The lowest BCUT2D eigenvalue weighted by Crippen LogP contribution is -2.35. The number of nitrogens with zero attached hydrogens (tertiary/aromatic N) is 4. The summed E-state index contributed by atoms with van der Waals surface area (Å²) in [4.78, 5) is 22.1. The van der Waals surface area contributed by atoms with Gasteiger partial charge >= 0.3 is 0 Å². The molecule has 1 aliphatic heterocycles. The monoisotopic (exact) mass is 437 g/mol. The Hall–Kier alpha value is -3.13. The second-order valence-electron chi connectivity index (χ2n) is 8.54. The van der Waals surface area contributed by atoms with Crippen molar-refractivity contribution in [2.24, 2.45) is 13.0 Å². The third-order valence-corrected chi connectivity index (χ3v) is 6.49. The number of rotatable bonds is 8. The fourth-order valence-electron chi connectivity index (χ4n) is 4.62. The van der Waals surface area contributed by atoms with E-state index in [1.807, 2.05) is 6.07 Å². The van der Waals surface area contributed by atoms with E-state index >= 15 is 0 Å². The van der Waals surface area contributed by atoms with E-state index in [4.69, 9.17) is 9.94 Å². The van der Waals surface area contributed by atoms with E-state index in [-0.39, 0.29) is 5.56 Å². The van der Waals surface area contributed by atoms with Gasteiger partial charge < -0.3 is 14.2 Å². The van der Waals surface area contributed by atoms with Crippen LogP contribution in [-0.2, 0) is 13.5 Å². The highest BCUT2D eigenvalue weighted by atomic mass is 16.5. The summed E-state index contributed by atoms with van der Waals surface area (Å²) in [6.07, 6.45) is 12.2. The Bertz CT molecular complexity index is 1060. The summed E-state index contributed by atoms with van der Waals surface area (Å²) >= 11 is 0. The first-order chi connectivity index (χ1) is 15.6. The number of hydrogen-bond acceptors (Lipinski definition) is 6. The van der Waals surface area contributed by atoms with Gasteiger partial charge in [0.25, 0.3) is 5.91 Å². The third kappa shape index (κ3) is 4.85. The number of carbonyl (C=O) groups excluding carboxylic acids is 1. The number of benzene rings is 1. The lowest BCUT2D eigenvalue weighted by molar-refractivity contribution is 0.0705. The minimum absolute atomic E-state index is 0.246. The average Bonchev–Trinajstić information content (AvgIpc) is 3.16. The van der Waals surface area contributed by atoms with Gasteiger partial charge in [0.1, 0.15) is 5.75 Å². The number of anilines is 1. The largest absolute Gasteiger partial charge is 0.497 e. The number of hydroxylamine groups is 1. The molecule has 32 heavy (non-hydrogen) atoms. The number of piperidine rings is 1. The number of ether oxygens (including phenoxy) is 1. The van der Waals surface area contributed by atoms with Gasteiger partial charge in [-0.05, 0) is 55.4 Å². The van der Waals surface area contributed by atoms with Gasteiger partial charge in [-0.15, -0.1) is 0 Å². The van der Waals surface area contributed by atoms with Crippen LogP contribution < -0.4 is 15.1 Å². The first kappa shape index (κ1) is 22.1. The number of aryl methyl sites for hydroxylation is 2. The molecule has 8 heteroatoms. The second kappa shape index (κ2) is 9.99. The summed E-state index contributed by atoms with van der Waals surface area (Å²) < 4.78 is 7.60. The molecule has 1 fully saturated rings. The van der Waals surface area contributed by atoms with Crippen molar-refractivity contribution in [3.8, 4) is 5.75 Å². The molecule has 0 atom stereocenters. The summed E-state index contributed by atoms with van der Waals surface area (Å²) in [5, 5.41) is 9.98. The normalized spacial score (nSPS) is 14.7. The summed E-state index contributed by atoms with van der Waals surface area (Å²) in [5.74, 6) is 1.69. The number of methoxy groups -OCH3 is 1. The van der Waals surface area contributed by atoms with Crippen molar-refractivity contribution >= 4 is 22.8 Å². The van der Waals surface area contributed by atoms with Crippen molar-refractivity contribution in [3.63, 3.8) is 0 Å². The maximum Gasteiger partial charge on any atom is 0.277 e. The van der Waals surface area contributed by atoms with Crippen LogP contribution in [0.15, 0.2) is 36.8 Å². The molecule has 0 spiro atoms. The molecule has 0 bridgehead atoms. The van der Waals surface area contributed by atoms with Crippen molar-refractivity contribution < 1.29 is 14.7 Å². The molecule has 0 saturated carbocycles. The number of hydrogen-bond donors (Lipinski definition) is 2. The van der Waals surface area contributed by atoms with Crippen LogP contribution in [0.4, 0.5) is 5.95 Å². The lowest BCUT2D eigenvalue weighted by atomic mass is 9.91. The zero-order valence-electron chi connectivity index (χ0n) is 18.8. The van der Waals surface area contributed by atoms with E-state index in [2.05, 4.69) is 44.8 Å². The second-order valence-corrected chi connectivity index (χ2v) is 8.54. The van der Waals surface area contributed by atoms with Crippen molar-refractivity contribution in [2.75, 3.05) is 25.1 Å². The van der Waals surface area contributed by atoms with E-state index in [0.717, 1.165) is 44.0 Å². The molecule has 2 aromatic heterocycles. The fourth-order valence-corrected chi connectivity index (χ4v) is 4.62. The maximum atomic E-state index is 11.4. The van der Waals surface area contributed by atoms with Crippen LogP contribution >= 0.6 is 0 Å². The van der Waals surface area contributed by atoms with Crippen LogP contribution in [0.3, 0.4) is 0 Å². The highest BCUT2D eigenvalue weighted by Gasteiger charge is 2.21. The Labute approximate surface area is 188 Å². The summed E-state index contributed by atoms with van der Waals surface area (Å²) in [7, 11) is 3.82. The Morgan fingerprint density at radius 2 is 1.97 bits per heavy atom. The molecule has 1 aromatic carbocycles. The number of aromatic nitrogens is 3. The standard InChI is InChI=1S/C24H31N5O3/c1-28-16-18(21-13-20(32-2)7-8-22(21)28)6-4-3-5-17-9-11-29(12-10-17)24-25-14-19(15-26-24)23(30)27-31/h7-8,13-17,31H,3-6,9-12H2,1-2H3,(H,27,30). The molecule has 3 heterocycles. The van der Waals surface area contributed by atoms with E-state index < -0.39 is 5.91 Å². The van der Waals surface area contributed by atoms with Crippen molar-refractivity contribution in [1.29, 1.82) is 0 Å². The molecule has 8 nitrogen and oxygen atoms in total. The molecule has 1 aliphatic rings. The van der Waals surface area contributed by atoms with E-state index in [0.29, 0.717) is 5.95 Å². The van der Waals surface area contributed by atoms with Gasteiger partial charge in [0.2, 0.25) is 5.95 Å². The van der Waals surface area contributed by atoms with Gasteiger partial charge in [-0.3, -0.25) is 10.0 Å². The molecule has 1 amide bonds. The summed E-state index contributed by atoms with van der Waals surface area (Å²) in [5.41, 5.74) is 4.49. The van der Waals surface area contributed by atoms with Gasteiger partial charge in [-0.1, -0.05) is 12.8 Å². The van der Waals surface area contributed by atoms with E-state index in [1.54, 1.807) is 12.6 Å². The molecule has 3 aromatic rings. The van der Waals surface area contributed by atoms with Gasteiger partial charge in [-0.2, -0.15) is 0 Å². The van der Waals surface area contributed by atoms with Crippen LogP contribution in [0.25, 0.3) is 10.9 Å². The number of unbranched alkanes of at least 4 members (excludes halogenated alkanes) is 1. The third-order valence-electron chi connectivity index (χ3n) is 6.49. The number of carbonyl (C=O) groups is 1. The number of nitrogens with one attached hydrogen (secondary N) is 1. The topological polar surface area (TPSA) is 92.5 Å². The highest BCUT2D eigenvalue weighted by molar-refractivity contribution is 5.92. The molecule has 1 saturated heterocycles. The summed E-state index contributed by atoms with van der Waals surface area (Å²) in [6, 6.07) is 6.29. The van der Waals surface area contributed by atoms with Crippen LogP contribution in [0, 0.1) is 5.92 Å². The van der Waals surface area contributed by atoms with Crippen LogP contribution in [-0.4, -0.2) is 45.8 Å². The van der Waals surface area contributed by atoms with Gasteiger partial charge in [0.15, 0.2) is 0 Å². The quantitative estimate of drug-likeness (QED) is 0.317. The first-order valence-corrected chi connectivity index (χ1v) is 11.2. The SMILES string of the molecule is COc1ccc2c(c1)c(CCCCC1CCN(c3ncc(C(=O)NO)cn3)CC1)cn2C. The predicted molar refractivity (Wildman–Crippen MR) is 123 cm³/mol. The Balaban J connectivity index is 1.23. The van der Waals surface area contributed by atoms with Crippen LogP contribution in [0.2, 0.25) is 0 Å². The molecule has 0 aliphatic carbocycles. The van der Waals surface area contributed by atoms with Crippen molar-refractivity contribution in [2.45, 2.75) is 38.5 Å². The van der Waals surface area contributed by atoms with Crippen LogP contribution in [0.5, 0.6) is 5.75 Å². The van der Waals surface area contributed by atoms with E-state index in [1.165, 1.54) is 48.1 Å². The van der Waals surface area contributed by atoms with Crippen molar-refractivity contribution in [3.05, 3.63) is 47.9 Å². The Kier molecular flexibility index (Phi) is 6.90. The first-order valence-electron chi connectivity index (χ1n) is 11.2. The molecule has 4 rings (SSSR count). The van der Waals surface area contributed by atoms with Crippen molar-refractivity contribution in [1.82, 2.24) is 20.0 Å². The Morgan fingerprint density at radius 1 is 1.22 bits per heavy atom. The van der Waals surface area contributed by atoms with Gasteiger partial charge in [-0.25, -0.2) is 15.4 Å².